The highest BCUT2D eigenvalue weighted by molar-refractivity contribution is 8.13. The van der Waals surface area contributed by atoms with Crippen molar-refractivity contribution in [2.45, 2.75) is 31.4 Å². The number of sulfonamides is 2. The van der Waals surface area contributed by atoms with Gasteiger partial charge >= 0.3 is 17.1 Å². The SMILES string of the molecule is Cc1ccc(NC(=O)OCC[n+]2ccccc2C)cc1N=C=O.O=S(=O)([N-]S(=O)(=O)C(F)(F)F)C(F)(F)F. The molecule has 0 aliphatic carbocycles. The molecule has 1 aromatic heterocycles. The minimum absolute atomic E-state index is 0.257. The summed E-state index contributed by atoms with van der Waals surface area (Å²) in [4.78, 5) is 25.7. The number of carbonyl (C=O) groups excluding carboxylic acids is 2. The highest BCUT2D eigenvalue weighted by Gasteiger charge is 2.46. The van der Waals surface area contributed by atoms with Crippen LogP contribution in [0.1, 0.15) is 11.3 Å². The molecule has 1 heterocycles. The number of halogens is 6. The van der Waals surface area contributed by atoms with Crippen molar-refractivity contribution in [3.05, 3.63) is 58.0 Å². The van der Waals surface area contributed by atoms with Crippen molar-refractivity contribution in [2.24, 2.45) is 4.99 Å². The van der Waals surface area contributed by atoms with E-state index in [1.165, 1.54) is 6.08 Å². The summed E-state index contributed by atoms with van der Waals surface area (Å²) >= 11 is 0. The molecule has 2 aromatic rings. The average molecular weight is 592 g/mol. The molecule has 0 radical (unpaired) electrons. The Kier molecular flexibility index (Phi) is 11.0. The first-order valence-electron chi connectivity index (χ1n) is 9.75. The quantitative estimate of drug-likeness (QED) is 0.222. The van der Waals surface area contributed by atoms with Crippen molar-refractivity contribution in [3.63, 3.8) is 0 Å². The first-order chi connectivity index (χ1) is 17.3. The summed E-state index contributed by atoms with van der Waals surface area (Å²) in [7, 11) is -13.4. The molecule has 0 aliphatic rings. The van der Waals surface area contributed by atoms with E-state index < -0.39 is 37.2 Å². The van der Waals surface area contributed by atoms with Crippen LogP contribution >= 0.6 is 0 Å². The molecule has 2 rings (SSSR count). The van der Waals surface area contributed by atoms with Crippen molar-refractivity contribution in [1.82, 2.24) is 0 Å². The van der Waals surface area contributed by atoms with Crippen LogP contribution in [-0.4, -0.2) is 46.6 Å². The molecule has 210 valence electrons. The van der Waals surface area contributed by atoms with Crippen LogP contribution in [-0.2, 0) is 36.1 Å². The molecule has 38 heavy (non-hydrogen) atoms. The predicted octanol–water partition coefficient (Wildman–Crippen LogP) is 3.87. The second kappa shape index (κ2) is 12.8. The fourth-order valence-corrected chi connectivity index (χ4v) is 3.98. The van der Waals surface area contributed by atoms with Gasteiger partial charge in [0.05, 0.1) is 5.69 Å². The third-order valence-corrected chi connectivity index (χ3v) is 6.88. The predicted molar refractivity (Wildman–Crippen MR) is 119 cm³/mol. The van der Waals surface area contributed by atoms with Crippen molar-refractivity contribution in [2.75, 3.05) is 11.9 Å². The van der Waals surface area contributed by atoms with Crippen molar-refractivity contribution >= 4 is 43.6 Å². The first kappa shape index (κ1) is 32.5. The third-order valence-electron chi connectivity index (χ3n) is 4.14. The monoisotopic (exact) mass is 592 g/mol. The molecule has 0 atom stereocenters. The van der Waals surface area contributed by atoms with E-state index >= 15 is 0 Å². The largest absolute Gasteiger partial charge is 0.480 e. The number of benzene rings is 1. The third kappa shape index (κ3) is 9.73. The Labute approximate surface area is 212 Å². The topological polar surface area (TPSA) is 154 Å². The minimum atomic E-state index is -6.72. The number of pyridine rings is 1. The standard InChI is InChI=1S/C17H17N3O3.C2F6NO4S2/c1-13-6-7-15(11-16(13)18-12-21)19-17(22)23-10-9-20-8-4-3-5-14(20)2;3-1(4,5)14(10,11)9-15(12,13)2(6,7)8/h3-8,11H,9-10H2,1-2H3;/q;-1/p+1. The van der Waals surface area contributed by atoms with Gasteiger partial charge in [-0.2, -0.15) is 35.9 Å². The van der Waals surface area contributed by atoms with Gasteiger partial charge in [0.15, 0.2) is 45.1 Å². The number of aliphatic imine (C=N–C) groups is 1. The normalized spacial score (nSPS) is 12.0. The highest BCUT2D eigenvalue weighted by atomic mass is 32.3. The van der Waals surface area contributed by atoms with Crippen molar-refractivity contribution in [3.8, 4) is 0 Å². The number of carbonyl (C=O) groups is 1. The van der Waals surface area contributed by atoms with Crippen LogP contribution in [0.25, 0.3) is 4.13 Å². The van der Waals surface area contributed by atoms with Crippen LogP contribution < -0.4 is 9.88 Å². The summed E-state index contributed by atoms with van der Waals surface area (Å²) in [5.74, 6) is 0. The van der Waals surface area contributed by atoms with E-state index in [0.717, 1.165) is 15.4 Å². The number of isocyanates is 1. The zero-order valence-corrected chi connectivity index (χ0v) is 20.9. The smallest absolute Gasteiger partial charge is 0.443 e. The number of aryl methyl sites for hydroxylation is 2. The van der Waals surface area contributed by atoms with Crippen molar-refractivity contribution in [1.29, 1.82) is 0 Å². The number of hydrogen-bond acceptors (Lipinski definition) is 8. The number of ether oxygens (including phenoxy) is 1. The summed E-state index contributed by atoms with van der Waals surface area (Å²) in [5, 5.41) is 2.61. The van der Waals surface area contributed by atoms with Gasteiger partial charge in [-0.25, -0.2) is 26.4 Å². The molecule has 1 N–H and O–H groups in total. The fraction of sp³-hybridized carbons (Fsp3) is 0.316. The number of rotatable bonds is 7. The van der Waals surface area contributed by atoms with E-state index in [0.29, 0.717) is 17.9 Å². The summed E-state index contributed by atoms with van der Waals surface area (Å²) in [6.07, 6.45) is 2.87. The molecule has 0 saturated carbocycles. The number of nitrogens with zero attached hydrogens (tertiary/aromatic N) is 3. The maximum absolute atomic E-state index is 11.8. The molecule has 19 heteroatoms. The zero-order chi connectivity index (χ0) is 29.4. The van der Waals surface area contributed by atoms with Gasteiger partial charge in [0.1, 0.15) is 0 Å². The first-order valence-corrected chi connectivity index (χ1v) is 12.6. The van der Waals surface area contributed by atoms with E-state index in [1.54, 1.807) is 18.2 Å². The van der Waals surface area contributed by atoms with Gasteiger partial charge in [-0.1, -0.05) is 12.1 Å². The van der Waals surface area contributed by atoms with Gasteiger partial charge < -0.3 is 8.86 Å². The van der Waals surface area contributed by atoms with E-state index in [2.05, 4.69) is 10.3 Å². The lowest BCUT2D eigenvalue weighted by Gasteiger charge is -2.22. The lowest BCUT2D eigenvalue weighted by molar-refractivity contribution is -0.703. The molecule has 1 aromatic carbocycles. The van der Waals surface area contributed by atoms with Gasteiger partial charge in [-0.05, 0) is 24.6 Å². The maximum atomic E-state index is 11.8. The minimum Gasteiger partial charge on any atom is -0.443 e. The Balaban J connectivity index is 0.000000420. The van der Waals surface area contributed by atoms with Crippen LogP contribution in [0, 0.1) is 13.8 Å². The molecule has 1 amide bonds. The summed E-state index contributed by atoms with van der Waals surface area (Å²) in [6, 6.07) is 10.9. The van der Waals surface area contributed by atoms with Crippen LogP contribution in [0.15, 0.2) is 47.6 Å². The summed E-state index contributed by atoms with van der Waals surface area (Å²) in [5.41, 5.74) is -9.52. The molecular weight excluding hydrogens is 574 g/mol. The molecule has 0 unspecified atom stereocenters. The van der Waals surface area contributed by atoms with Crippen LogP contribution in [0.3, 0.4) is 0 Å². The van der Waals surface area contributed by atoms with Crippen LogP contribution in [0.5, 0.6) is 0 Å². The van der Waals surface area contributed by atoms with E-state index in [4.69, 9.17) is 4.74 Å². The molecule has 0 fully saturated rings. The zero-order valence-electron chi connectivity index (χ0n) is 19.2. The fourth-order valence-electron chi connectivity index (χ4n) is 2.27. The van der Waals surface area contributed by atoms with Gasteiger partial charge in [0.25, 0.3) is 0 Å². The molecule has 0 aliphatic heterocycles. The highest BCUT2D eigenvalue weighted by Crippen LogP contribution is 2.36. The second-order valence-electron chi connectivity index (χ2n) is 6.92. The Morgan fingerprint density at radius 1 is 1.03 bits per heavy atom. The van der Waals surface area contributed by atoms with Crippen LogP contribution in [0.4, 0.5) is 42.5 Å². The Morgan fingerprint density at radius 2 is 1.61 bits per heavy atom. The number of amides is 1. The second-order valence-corrected chi connectivity index (χ2v) is 10.3. The number of nitrogens with one attached hydrogen (secondary N) is 1. The lowest BCUT2D eigenvalue weighted by atomic mass is 10.2. The number of hydrogen-bond donors (Lipinski definition) is 1. The van der Waals surface area contributed by atoms with Gasteiger partial charge in [0, 0.05) is 24.7 Å². The van der Waals surface area contributed by atoms with Crippen molar-refractivity contribution < 1.29 is 62.1 Å². The average Bonchev–Trinajstić information content (AvgIpc) is 2.76. The maximum Gasteiger partial charge on any atom is 0.480 e. The summed E-state index contributed by atoms with van der Waals surface area (Å²) < 4.78 is 116. The molecular formula is C19H18F6N4O7S2. The molecule has 11 nitrogen and oxygen atoms in total. The summed E-state index contributed by atoms with van der Waals surface area (Å²) in [6.45, 7) is 4.64. The Bertz CT molecular complexity index is 1360. The van der Waals surface area contributed by atoms with Gasteiger partial charge in [-0.15, -0.1) is 0 Å². The number of alkyl halides is 6. The molecule has 0 saturated heterocycles. The number of aromatic nitrogens is 1. The van der Waals surface area contributed by atoms with Gasteiger partial charge in [-0.3, -0.25) is 5.32 Å². The van der Waals surface area contributed by atoms with E-state index in [-0.39, 0.29) is 6.61 Å². The Morgan fingerprint density at radius 3 is 2.11 bits per heavy atom. The molecule has 0 spiro atoms. The molecule has 0 bridgehead atoms. The lowest BCUT2D eigenvalue weighted by Crippen LogP contribution is -2.39. The van der Waals surface area contributed by atoms with Gasteiger partial charge in [0.2, 0.25) is 6.08 Å². The van der Waals surface area contributed by atoms with E-state index in [9.17, 15) is 52.8 Å². The Hall–Kier alpha value is -3.54. The van der Waals surface area contributed by atoms with E-state index in [1.807, 2.05) is 42.8 Å². The van der Waals surface area contributed by atoms with Crippen LogP contribution in [0.2, 0.25) is 0 Å². The number of anilines is 1.